The first-order valence-electron chi connectivity index (χ1n) is 7.37. The maximum atomic E-state index is 5.33. The summed E-state index contributed by atoms with van der Waals surface area (Å²) in [6.45, 7) is 12.3. The van der Waals surface area contributed by atoms with E-state index in [1.54, 1.807) is 0 Å². The van der Waals surface area contributed by atoms with E-state index in [1.807, 2.05) is 20.9 Å². The van der Waals surface area contributed by atoms with Crippen LogP contribution in [0.1, 0.15) is 28.6 Å². The Morgan fingerprint density at radius 1 is 0.684 bits per heavy atom. The van der Waals surface area contributed by atoms with Crippen LogP contribution >= 0.6 is 0 Å². The molecule has 0 spiro atoms. The summed E-state index contributed by atoms with van der Waals surface area (Å²) in [6.07, 6.45) is 1.05. The van der Waals surface area contributed by atoms with Crippen LogP contribution in [0.5, 0.6) is 0 Å². The molecule has 1 N–H and O–H groups in total. The SMILES string of the molecule is CC.CCCOCCOCCOCCOCCNC.[HH]. The van der Waals surface area contributed by atoms with E-state index in [4.69, 9.17) is 18.9 Å². The highest BCUT2D eigenvalue weighted by Crippen LogP contribution is 1.83. The van der Waals surface area contributed by atoms with Gasteiger partial charge in [0.15, 0.2) is 0 Å². The van der Waals surface area contributed by atoms with Crippen LogP contribution in [-0.2, 0) is 18.9 Å². The summed E-state index contributed by atoms with van der Waals surface area (Å²) >= 11 is 0. The van der Waals surface area contributed by atoms with E-state index in [0.29, 0.717) is 39.6 Å². The monoisotopic (exact) mass is 281 g/mol. The van der Waals surface area contributed by atoms with Gasteiger partial charge in [-0.2, -0.15) is 0 Å². The van der Waals surface area contributed by atoms with Crippen molar-refractivity contribution in [1.29, 1.82) is 0 Å². The molecule has 0 aliphatic rings. The average Bonchev–Trinajstić information content (AvgIpc) is 2.46. The zero-order valence-electron chi connectivity index (χ0n) is 13.2. The van der Waals surface area contributed by atoms with Crippen molar-refractivity contribution < 1.29 is 20.4 Å². The molecule has 0 aliphatic carbocycles. The summed E-state index contributed by atoms with van der Waals surface area (Å²) in [4.78, 5) is 0. The molecule has 0 rings (SSSR count). The molecule has 0 fully saturated rings. The maximum Gasteiger partial charge on any atom is 0.0701 e. The molecule has 19 heavy (non-hydrogen) atoms. The molecule has 0 aromatic carbocycles. The minimum absolute atomic E-state index is 0. The predicted octanol–water partition coefficient (Wildman–Crippen LogP) is 1.95. The largest absolute Gasteiger partial charge is 0.379 e. The molecule has 0 atom stereocenters. The summed E-state index contributed by atoms with van der Waals surface area (Å²) < 4.78 is 21.2. The molecule has 5 heteroatoms. The van der Waals surface area contributed by atoms with Gasteiger partial charge in [0.05, 0.1) is 46.2 Å². The van der Waals surface area contributed by atoms with E-state index in [-0.39, 0.29) is 1.43 Å². The van der Waals surface area contributed by atoms with Crippen molar-refractivity contribution >= 4 is 0 Å². The van der Waals surface area contributed by atoms with Crippen LogP contribution in [0.25, 0.3) is 0 Å². The summed E-state index contributed by atoms with van der Waals surface area (Å²) in [5.41, 5.74) is 0. The van der Waals surface area contributed by atoms with Crippen molar-refractivity contribution in [2.45, 2.75) is 27.2 Å². The van der Waals surface area contributed by atoms with Gasteiger partial charge in [-0.05, 0) is 13.5 Å². The van der Waals surface area contributed by atoms with Gasteiger partial charge in [0.2, 0.25) is 0 Å². The van der Waals surface area contributed by atoms with Gasteiger partial charge in [-0.15, -0.1) is 0 Å². The molecule has 5 nitrogen and oxygen atoms in total. The van der Waals surface area contributed by atoms with Crippen LogP contribution in [0.15, 0.2) is 0 Å². The predicted molar refractivity (Wildman–Crippen MR) is 81.0 cm³/mol. The van der Waals surface area contributed by atoms with E-state index in [0.717, 1.165) is 26.2 Å². The molecule has 0 aliphatic heterocycles. The van der Waals surface area contributed by atoms with E-state index < -0.39 is 0 Å². The smallest absolute Gasteiger partial charge is 0.0701 e. The van der Waals surface area contributed by atoms with Gasteiger partial charge >= 0.3 is 0 Å². The molecule has 0 amide bonds. The third kappa shape index (κ3) is 23.3. The summed E-state index contributed by atoms with van der Waals surface area (Å²) in [6, 6.07) is 0. The van der Waals surface area contributed by atoms with Crippen molar-refractivity contribution in [1.82, 2.24) is 5.32 Å². The zero-order valence-corrected chi connectivity index (χ0v) is 13.2. The lowest BCUT2D eigenvalue weighted by atomic mass is 10.5. The topological polar surface area (TPSA) is 49.0 Å². The van der Waals surface area contributed by atoms with Gasteiger partial charge in [0.1, 0.15) is 0 Å². The second kappa shape index (κ2) is 22.9. The van der Waals surface area contributed by atoms with Crippen molar-refractivity contribution in [3.05, 3.63) is 0 Å². The Labute approximate surface area is 120 Å². The van der Waals surface area contributed by atoms with Crippen LogP contribution in [-0.4, -0.2) is 66.4 Å². The average molecular weight is 281 g/mol. The van der Waals surface area contributed by atoms with Gasteiger partial charge in [0, 0.05) is 14.6 Å². The Morgan fingerprint density at radius 3 is 1.42 bits per heavy atom. The molecule has 0 saturated carbocycles. The fourth-order valence-corrected chi connectivity index (χ4v) is 1.08. The lowest BCUT2D eigenvalue weighted by molar-refractivity contribution is -0.00126. The Morgan fingerprint density at radius 2 is 1.05 bits per heavy atom. The van der Waals surface area contributed by atoms with E-state index >= 15 is 0 Å². The third-order valence-electron chi connectivity index (χ3n) is 1.96. The van der Waals surface area contributed by atoms with Crippen molar-refractivity contribution in [2.75, 3.05) is 66.4 Å². The molecule has 0 bridgehead atoms. The molecule has 120 valence electrons. The highest BCUT2D eigenvalue weighted by atomic mass is 16.6. The van der Waals surface area contributed by atoms with Crippen molar-refractivity contribution in [3.8, 4) is 0 Å². The zero-order chi connectivity index (χ0) is 14.6. The Hall–Kier alpha value is -0.200. The highest BCUT2D eigenvalue weighted by Gasteiger charge is 1.91. The Bertz CT molecular complexity index is 128. The molecule has 0 aromatic rings. The van der Waals surface area contributed by atoms with E-state index in [1.165, 1.54) is 0 Å². The first-order valence-corrected chi connectivity index (χ1v) is 7.37. The number of rotatable bonds is 14. The highest BCUT2D eigenvalue weighted by molar-refractivity contribution is 4.37. The van der Waals surface area contributed by atoms with Crippen LogP contribution in [0.3, 0.4) is 0 Å². The van der Waals surface area contributed by atoms with Crippen molar-refractivity contribution in [3.63, 3.8) is 0 Å². The molecular weight excluding hydrogens is 246 g/mol. The molecule has 0 saturated heterocycles. The van der Waals surface area contributed by atoms with Gasteiger partial charge in [-0.1, -0.05) is 20.8 Å². The summed E-state index contributed by atoms with van der Waals surface area (Å²) in [5, 5.41) is 3.01. The van der Waals surface area contributed by atoms with Gasteiger partial charge in [-0.25, -0.2) is 0 Å². The van der Waals surface area contributed by atoms with Crippen LogP contribution < -0.4 is 5.32 Å². The maximum absolute atomic E-state index is 5.33. The minimum Gasteiger partial charge on any atom is -0.379 e. The standard InChI is InChI=1S/C12H27NO4.C2H6.H2/c1-3-5-14-7-9-16-11-12-17-10-8-15-6-4-13-2;1-2;/h13H,3-12H2,1-2H3;1-2H3;1H. The van der Waals surface area contributed by atoms with Crippen molar-refractivity contribution in [2.24, 2.45) is 0 Å². The quantitative estimate of drug-likeness (QED) is 0.493. The first kappa shape index (κ1) is 21.1. The van der Waals surface area contributed by atoms with Crippen LogP contribution in [0, 0.1) is 0 Å². The van der Waals surface area contributed by atoms with E-state index in [2.05, 4.69) is 12.2 Å². The molecule has 0 unspecified atom stereocenters. The fourth-order valence-electron chi connectivity index (χ4n) is 1.08. The fraction of sp³-hybridized carbons (Fsp3) is 1.00. The number of likely N-dealkylation sites (N-methyl/N-ethyl adjacent to an activating group) is 1. The third-order valence-corrected chi connectivity index (χ3v) is 1.96. The lowest BCUT2D eigenvalue weighted by Gasteiger charge is -2.07. The van der Waals surface area contributed by atoms with Crippen LogP contribution in [0.4, 0.5) is 0 Å². The van der Waals surface area contributed by atoms with Gasteiger partial charge < -0.3 is 24.3 Å². The number of ether oxygens (including phenoxy) is 4. The molecule has 0 radical (unpaired) electrons. The van der Waals surface area contributed by atoms with Crippen LogP contribution in [0.2, 0.25) is 0 Å². The molecule has 0 heterocycles. The number of nitrogens with one attached hydrogen (secondary N) is 1. The summed E-state index contributed by atoms with van der Waals surface area (Å²) in [5.74, 6) is 0. The Kier molecular flexibility index (Phi) is 25.5. The second-order valence-corrected chi connectivity index (χ2v) is 3.55. The Balaban J connectivity index is -0.000000916. The molecule has 0 aromatic heterocycles. The minimum atomic E-state index is 0. The number of hydrogen-bond donors (Lipinski definition) is 1. The van der Waals surface area contributed by atoms with Gasteiger partial charge in [0.25, 0.3) is 0 Å². The second-order valence-electron chi connectivity index (χ2n) is 3.55. The number of hydrogen-bond acceptors (Lipinski definition) is 5. The summed E-state index contributed by atoms with van der Waals surface area (Å²) in [7, 11) is 1.90. The van der Waals surface area contributed by atoms with E-state index in [9.17, 15) is 0 Å². The lowest BCUT2D eigenvalue weighted by Crippen LogP contribution is -2.17. The molecular formula is C14H35NO4. The van der Waals surface area contributed by atoms with Gasteiger partial charge in [-0.3, -0.25) is 0 Å². The first-order chi connectivity index (χ1) is 9.41. The normalized spacial score (nSPS) is 10.1.